The van der Waals surface area contributed by atoms with Crippen LogP contribution in [0.5, 0.6) is 0 Å². The molecule has 0 fully saturated rings. The average molecular weight is 435 g/mol. The Morgan fingerprint density at radius 2 is 1.47 bits per heavy atom. The van der Waals surface area contributed by atoms with Crippen LogP contribution in [-0.2, 0) is 21.9 Å². The molecule has 1 N–H and O–H groups in total. The average Bonchev–Trinajstić information content (AvgIpc) is 2.72. The molecule has 0 spiro atoms. The molecule has 0 radical (unpaired) electrons. The predicted octanol–water partition coefficient (Wildman–Crippen LogP) is 4.39. The fourth-order valence-electron chi connectivity index (χ4n) is 2.74. The second-order valence-corrected chi connectivity index (χ2v) is 8.57. The van der Waals surface area contributed by atoms with Gasteiger partial charge in [0.15, 0.2) is 0 Å². The van der Waals surface area contributed by atoms with E-state index in [0.717, 1.165) is 11.1 Å². The van der Waals surface area contributed by atoms with Crippen molar-refractivity contribution in [2.24, 2.45) is 5.92 Å². The summed E-state index contributed by atoms with van der Waals surface area (Å²) in [5, 5.41) is 2.86. The van der Waals surface area contributed by atoms with Crippen LogP contribution in [0.3, 0.4) is 0 Å². The summed E-state index contributed by atoms with van der Waals surface area (Å²) in [7, 11) is 0. The number of carbonyl (C=O) groups is 2. The summed E-state index contributed by atoms with van der Waals surface area (Å²) in [6, 6.07) is 11.4. The minimum absolute atomic E-state index is 0.181. The van der Waals surface area contributed by atoms with Gasteiger partial charge in [0.25, 0.3) is 0 Å². The summed E-state index contributed by atoms with van der Waals surface area (Å²) in [5.41, 5.74) is 1.67. The van der Waals surface area contributed by atoms with Crippen molar-refractivity contribution in [1.29, 1.82) is 0 Å². The molecule has 2 aromatic carbocycles. The minimum atomic E-state index is -0.660. The molecule has 0 aliphatic carbocycles. The molecule has 4 nitrogen and oxygen atoms in total. The van der Waals surface area contributed by atoms with Gasteiger partial charge in [0, 0.05) is 18.8 Å². The molecule has 0 aliphatic heterocycles. The number of hydrogen-bond donors (Lipinski definition) is 1. The monoisotopic (exact) mass is 434 g/mol. The molecule has 162 valence electrons. The molecular formula is C23H28F2N2O2S. The van der Waals surface area contributed by atoms with Crippen molar-refractivity contribution in [2.75, 3.05) is 12.3 Å². The van der Waals surface area contributed by atoms with Gasteiger partial charge >= 0.3 is 0 Å². The Morgan fingerprint density at radius 3 is 2.00 bits per heavy atom. The zero-order valence-electron chi connectivity index (χ0n) is 17.5. The van der Waals surface area contributed by atoms with Gasteiger partial charge in [0.05, 0.1) is 5.75 Å². The maximum Gasteiger partial charge on any atom is 0.242 e. The van der Waals surface area contributed by atoms with Crippen molar-refractivity contribution in [3.63, 3.8) is 0 Å². The molecule has 0 bridgehead atoms. The van der Waals surface area contributed by atoms with Gasteiger partial charge in [0.1, 0.15) is 17.7 Å². The van der Waals surface area contributed by atoms with Crippen LogP contribution in [0, 0.1) is 17.6 Å². The maximum atomic E-state index is 13.2. The number of nitrogens with one attached hydrogen (secondary N) is 1. The van der Waals surface area contributed by atoms with Crippen molar-refractivity contribution in [2.45, 2.75) is 39.1 Å². The fraction of sp³-hybridized carbons (Fsp3) is 0.391. The van der Waals surface area contributed by atoms with E-state index in [1.165, 1.54) is 40.9 Å². The molecule has 0 saturated carbocycles. The van der Waals surface area contributed by atoms with E-state index in [0.29, 0.717) is 18.2 Å². The maximum absolute atomic E-state index is 13.2. The first-order chi connectivity index (χ1) is 14.3. The number of thioether (sulfide) groups is 1. The second-order valence-electron chi connectivity index (χ2n) is 7.58. The highest BCUT2D eigenvalue weighted by Crippen LogP contribution is 2.16. The van der Waals surface area contributed by atoms with Gasteiger partial charge in [-0.2, -0.15) is 0 Å². The Hall–Kier alpha value is -2.41. The number of benzene rings is 2. The van der Waals surface area contributed by atoms with Gasteiger partial charge in [0.2, 0.25) is 11.8 Å². The summed E-state index contributed by atoms with van der Waals surface area (Å²) in [6.07, 6.45) is 0. The van der Waals surface area contributed by atoms with Crippen LogP contribution >= 0.6 is 11.8 Å². The number of carbonyl (C=O) groups excluding carboxylic acids is 2. The lowest BCUT2D eigenvalue weighted by molar-refractivity contribution is -0.138. The van der Waals surface area contributed by atoms with Gasteiger partial charge in [-0.1, -0.05) is 38.1 Å². The number of halogens is 2. The molecule has 30 heavy (non-hydrogen) atoms. The third kappa shape index (κ3) is 7.78. The Morgan fingerprint density at radius 1 is 0.933 bits per heavy atom. The Labute approximate surface area is 181 Å². The number of hydrogen-bond acceptors (Lipinski definition) is 3. The molecule has 1 unspecified atom stereocenters. The molecule has 2 rings (SSSR count). The summed E-state index contributed by atoms with van der Waals surface area (Å²) >= 11 is 1.40. The normalized spacial score (nSPS) is 11.9. The number of amides is 2. The van der Waals surface area contributed by atoms with E-state index in [9.17, 15) is 18.4 Å². The molecule has 2 aromatic rings. The van der Waals surface area contributed by atoms with E-state index in [1.807, 2.05) is 13.8 Å². The van der Waals surface area contributed by atoms with E-state index >= 15 is 0 Å². The van der Waals surface area contributed by atoms with E-state index in [1.54, 1.807) is 31.2 Å². The van der Waals surface area contributed by atoms with Crippen LogP contribution in [0.1, 0.15) is 31.9 Å². The summed E-state index contributed by atoms with van der Waals surface area (Å²) in [5.74, 6) is -0.0132. The molecule has 0 aromatic heterocycles. The highest BCUT2D eigenvalue weighted by molar-refractivity contribution is 7.99. The lowest BCUT2D eigenvalue weighted by Gasteiger charge is -2.29. The Bertz CT molecular complexity index is 826. The zero-order valence-corrected chi connectivity index (χ0v) is 18.3. The summed E-state index contributed by atoms with van der Waals surface area (Å²) in [6.45, 7) is 6.44. The summed E-state index contributed by atoms with van der Waals surface area (Å²) < 4.78 is 26.2. The molecular weight excluding hydrogens is 406 g/mol. The fourth-order valence-corrected chi connectivity index (χ4v) is 3.61. The predicted molar refractivity (Wildman–Crippen MR) is 117 cm³/mol. The van der Waals surface area contributed by atoms with Crippen molar-refractivity contribution in [1.82, 2.24) is 10.2 Å². The third-order valence-electron chi connectivity index (χ3n) is 4.53. The number of nitrogens with zero attached hydrogens (tertiary/aromatic N) is 1. The highest BCUT2D eigenvalue weighted by atomic mass is 32.2. The van der Waals surface area contributed by atoms with Crippen molar-refractivity contribution < 1.29 is 18.4 Å². The highest BCUT2D eigenvalue weighted by Gasteiger charge is 2.26. The van der Waals surface area contributed by atoms with Crippen LogP contribution in [0.4, 0.5) is 8.78 Å². The molecule has 7 heteroatoms. The largest absolute Gasteiger partial charge is 0.354 e. The molecule has 0 aliphatic rings. The van der Waals surface area contributed by atoms with Gasteiger partial charge in [-0.25, -0.2) is 8.78 Å². The smallest absolute Gasteiger partial charge is 0.242 e. The number of rotatable bonds is 10. The van der Waals surface area contributed by atoms with Crippen LogP contribution < -0.4 is 5.32 Å². The Balaban J connectivity index is 2.04. The van der Waals surface area contributed by atoms with Gasteiger partial charge in [-0.15, -0.1) is 11.8 Å². The van der Waals surface area contributed by atoms with Crippen LogP contribution in [0.2, 0.25) is 0 Å². The van der Waals surface area contributed by atoms with Crippen molar-refractivity contribution >= 4 is 23.6 Å². The third-order valence-corrected chi connectivity index (χ3v) is 5.51. The molecule has 2 amide bonds. The van der Waals surface area contributed by atoms with Gasteiger partial charge < -0.3 is 10.2 Å². The van der Waals surface area contributed by atoms with E-state index < -0.39 is 6.04 Å². The minimum Gasteiger partial charge on any atom is -0.354 e. The quantitative estimate of drug-likeness (QED) is 0.604. The lowest BCUT2D eigenvalue weighted by Crippen LogP contribution is -2.48. The van der Waals surface area contributed by atoms with Gasteiger partial charge in [-0.05, 0) is 48.2 Å². The first-order valence-electron chi connectivity index (χ1n) is 9.90. The molecule has 0 heterocycles. The van der Waals surface area contributed by atoms with Crippen LogP contribution in [0.15, 0.2) is 48.5 Å². The molecule has 1 atom stereocenters. The first kappa shape index (κ1) is 23.9. The van der Waals surface area contributed by atoms with Crippen LogP contribution in [0.25, 0.3) is 0 Å². The van der Waals surface area contributed by atoms with E-state index in [-0.39, 0.29) is 35.7 Å². The standard InChI is InChI=1S/C23H28F2N2O2S/c1-16(2)12-26-23(29)17(3)27(13-18-4-8-20(24)9-5-18)22(28)15-30-14-19-6-10-21(25)11-7-19/h4-11,16-17H,12-15H2,1-3H3,(H,26,29). The van der Waals surface area contributed by atoms with Gasteiger partial charge in [-0.3, -0.25) is 9.59 Å². The topological polar surface area (TPSA) is 49.4 Å². The van der Waals surface area contributed by atoms with Crippen LogP contribution in [-0.4, -0.2) is 35.1 Å². The summed E-state index contributed by atoms with van der Waals surface area (Å²) in [4.78, 5) is 27.0. The SMILES string of the molecule is CC(C)CNC(=O)C(C)N(Cc1ccc(F)cc1)C(=O)CSCc1ccc(F)cc1. The zero-order chi connectivity index (χ0) is 22.1. The van der Waals surface area contributed by atoms with Crippen molar-refractivity contribution in [3.05, 3.63) is 71.3 Å². The lowest BCUT2D eigenvalue weighted by atomic mass is 10.1. The molecule has 0 saturated heterocycles. The van der Waals surface area contributed by atoms with E-state index in [4.69, 9.17) is 0 Å². The Kier molecular flexibility index (Phi) is 9.30. The second kappa shape index (κ2) is 11.7. The van der Waals surface area contributed by atoms with Crippen molar-refractivity contribution in [3.8, 4) is 0 Å². The van der Waals surface area contributed by atoms with E-state index in [2.05, 4.69) is 5.32 Å². The first-order valence-corrected chi connectivity index (χ1v) is 11.1.